The van der Waals surface area contributed by atoms with Gasteiger partial charge in [0, 0.05) is 23.2 Å². The van der Waals surface area contributed by atoms with Crippen molar-refractivity contribution in [1.82, 2.24) is 10.1 Å². The van der Waals surface area contributed by atoms with Crippen LogP contribution in [0.15, 0.2) is 53.1 Å². The van der Waals surface area contributed by atoms with Gasteiger partial charge in [-0.15, -0.1) is 0 Å². The molecule has 0 aliphatic heterocycles. The van der Waals surface area contributed by atoms with Crippen molar-refractivity contribution in [1.29, 1.82) is 0 Å². The Morgan fingerprint density at radius 1 is 1.24 bits per heavy atom. The molecule has 7 heteroatoms. The monoisotopic (exact) mass is 357 g/mol. The van der Waals surface area contributed by atoms with Crippen molar-refractivity contribution in [2.75, 3.05) is 5.32 Å². The molecule has 1 heterocycles. The molecule has 1 N–H and O–H groups in total. The molecule has 0 bridgehead atoms. The lowest BCUT2D eigenvalue weighted by Gasteiger charge is -2.15. The molecular formula is C18H16ClN3O3. The van der Waals surface area contributed by atoms with E-state index in [2.05, 4.69) is 15.5 Å². The molecule has 0 aliphatic rings. The molecule has 25 heavy (non-hydrogen) atoms. The van der Waals surface area contributed by atoms with E-state index in [0.717, 1.165) is 5.56 Å². The number of rotatable bonds is 5. The zero-order chi connectivity index (χ0) is 17.8. The van der Waals surface area contributed by atoms with E-state index in [1.165, 1.54) is 0 Å². The largest absolute Gasteiger partial charge is 0.481 e. The number of hydrogen-bond acceptors (Lipinski definition) is 5. The van der Waals surface area contributed by atoms with Crippen LogP contribution in [0.25, 0.3) is 11.4 Å². The Kier molecular flexibility index (Phi) is 5.00. The molecule has 128 valence electrons. The van der Waals surface area contributed by atoms with Gasteiger partial charge in [-0.2, -0.15) is 4.98 Å². The summed E-state index contributed by atoms with van der Waals surface area (Å²) in [5.41, 5.74) is 1.37. The van der Waals surface area contributed by atoms with Gasteiger partial charge in [-0.1, -0.05) is 35.0 Å². The highest BCUT2D eigenvalue weighted by Crippen LogP contribution is 2.21. The highest BCUT2D eigenvalue weighted by molar-refractivity contribution is 6.30. The summed E-state index contributed by atoms with van der Waals surface area (Å²) in [6, 6.07) is 14.1. The molecule has 1 aromatic heterocycles. The zero-order valence-electron chi connectivity index (χ0n) is 13.7. The Hall–Kier alpha value is -2.86. The number of hydrogen-bond donors (Lipinski definition) is 1. The average molecular weight is 358 g/mol. The lowest BCUT2D eigenvalue weighted by molar-refractivity contribution is -0.122. The lowest BCUT2D eigenvalue weighted by atomic mass is 10.2. The maximum atomic E-state index is 12.3. The van der Waals surface area contributed by atoms with Crippen LogP contribution in [0.3, 0.4) is 0 Å². The summed E-state index contributed by atoms with van der Waals surface area (Å²) in [5.74, 6) is 1.21. The topological polar surface area (TPSA) is 77.2 Å². The molecule has 0 saturated heterocycles. The van der Waals surface area contributed by atoms with Crippen molar-refractivity contribution in [2.24, 2.45) is 0 Å². The smallest absolute Gasteiger partial charge is 0.265 e. The molecule has 3 rings (SSSR count). The Labute approximate surface area is 149 Å². The normalized spacial score (nSPS) is 11.8. The van der Waals surface area contributed by atoms with E-state index in [4.69, 9.17) is 20.9 Å². The summed E-state index contributed by atoms with van der Waals surface area (Å²) in [5, 5.41) is 7.23. The molecule has 0 unspecified atom stereocenters. The maximum absolute atomic E-state index is 12.3. The maximum Gasteiger partial charge on any atom is 0.265 e. The van der Waals surface area contributed by atoms with Crippen molar-refractivity contribution in [3.05, 3.63) is 59.4 Å². The summed E-state index contributed by atoms with van der Waals surface area (Å²) in [4.78, 5) is 16.5. The number of anilines is 1. The van der Waals surface area contributed by atoms with Crippen LogP contribution < -0.4 is 10.1 Å². The van der Waals surface area contributed by atoms with Gasteiger partial charge in [-0.25, -0.2) is 0 Å². The summed E-state index contributed by atoms with van der Waals surface area (Å²) in [6.07, 6.45) is -0.686. The molecule has 0 spiro atoms. The van der Waals surface area contributed by atoms with Crippen LogP contribution in [0.2, 0.25) is 5.02 Å². The van der Waals surface area contributed by atoms with Crippen LogP contribution >= 0.6 is 11.6 Å². The number of nitrogens with one attached hydrogen (secondary N) is 1. The van der Waals surface area contributed by atoms with Crippen molar-refractivity contribution < 1.29 is 14.1 Å². The number of halogens is 1. The molecule has 1 amide bonds. The molecule has 1 atom stereocenters. The Morgan fingerprint density at radius 3 is 2.76 bits per heavy atom. The molecule has 6 nitrogen and oxygen atoms in total. The van der Waals surface area contributed by atoms with Gasteiger partial charge in [-0.05, 0) is 37.3 Å². The van der Waals surface area contributed by atoms with Gasteiger partial charge in [0.25, 0.3) is 5.91 Å². The van der Waals surface area contributed by atoms with Gasteiger partial charge in [-0.3, -0.25) is 4.79 Å². The highest BCUT2D eigenvalue weighted by Gasteiger charge is 2.16. The molecule has 0 saturated carbocycles. The summed E-state index contributed by atoms with van der Waals surface area (Å²) in [6.45, 7) is 3.39. The zero-order valence-corrected chi connectivity index (χ0v) is 14.4. The number of carbonyl (C=O) groups excluding carboxylic acids is 1. The number of carbonyl (C=O) groups is 1. The average Bonchev–Trinajstić information content (AvgIpc) is 3.01. The number of benzene rings is 2. The van der Waals surface area contributed by atoms with E-state index in [-0.39, 0.29) is 5.91 Å². The number of aromatic nitrogens is 2. The molecule has 0 radical (unpaired) electrons. The van der Waals surface area contributed by atoms with Gasteiger partial charge < -0.3 is 14.6 Å². The van der Waals surface area contributed by atoms with Crippen LogP contribution in [0.5, 0.6) is 5.75 Å². The van der Waals surface area contributed by atoms with Gasteiger partial charge in [0.1, 0.15) is 5.75 Å². The van der Waals surface area contributed by atoms with Crippen LogP contribution in [0.1, 0.15) is 12.8 Å². The quantitative estimate of drug-likeness (QED) is 0.743. The predicted molar refractivity (Wildman–Crippen MR) is 94.6 cm³/mol. The van der Waals surface area contributed by atoms with Crippen molar-refractivity contribution in [3.63, 3.8) is 0 Å². The SMILES string of the molecule is Cc1nc(-c2cccc(NC(=O)[C@H](C)Oc3cccc(Cl)c3)c2)no1. The van der Waals surface area contributed by atoms with Crippen molar-refractivity contribution in [3.8, 4) is 17.1 Å². The first-order chi connectivity index (χ1) is 12.0. The number of aryl methyl sites for hydroxylation is 1. The van der Waals surface area contributed by atoms with E-state index in [9.17, 15) is 4.79 Å². The van der Waals surface area contributed by atoms with Crippen LogP contribution in [-0.4, -0.2) is 22.2 Å². The first kappa shape index (κ1) is 17.0. The van der Waals surface area contributed by atoms with E-state index in [0.29, 0.717) is 28.2 Å². The molecule has 0 aliphatic carbocycles. The number of ether oxygens (including phenoxy) is 1. The fraction of sp³-hybridized carbons (Fsp3) is 0.167. The van der Waals surface area contributed by atoms with Gasteiger partial charge >= 0.3 is 0 Å². The summed E-state index contributed by atoms with van der Waals surface area (Å²) in [7, 11) is 0. The first-order valence-corrected chi connectivity index (χ1v) is 8.03. The second-order valence-electron chi connectivity index (χ2n) is 5.42. The summed E-state index contributed by atoms with van der Waals surface area (Å²) >= 11 is 5.91. The lowest BCUT2D eigenvalue weighted by Crippen LogP contribution is -2.30. The molecule has 0 fully saturated rings. The minimum atomic E-state index is -0.686. The van der Waals surface area contributed by atoms with Crippen molar-refractivity contribution in [2.45, 2.75) is 20.0 Å². The van der Waals surface area contributed by atoms with Gasteiger partial charge in [0.15, 0.2) is 6.10 Å². The van der Waals surface area contributed by atoms with Gasteiger partial charge in [0.2, 0.25) is 11.7 Å². The minimum absolute atomic E-state index is 0.276. The Bertz CT molecular complexity index is 895. The molecule has 3 aromatic rings. The van der Waals surface area contributed by atoms with E-state index < -0.39 is 6.10 Å². The minimum Gasteiger partial charge on any atom is -0.481 e. The van der Waals surface area contributed by atoms with Crippen LogP contribution in [0.4, 0.5) is 5.69 Å². The van der Waals surface area contributed by atoms with Crippen LogP contribution in [0, 0.1) is 6.92 Å². The Balaban J connectivity index is 1.68. The molecule has 2 aromatic carbocycles. The van der Waals surface area contributed by atoms with E-state index >= 15 is 0 Å². The number of amides is 1. The highest BCUT2D eigenvalue weighted by atomic mass is 35.5. The van der Waals surface area contributed by atoms with E-state index in [1.807, 2.05) is 6.07 Å². The third-order valence-electron chi connectivity index (χ3n) is 3.39. The summed E-state index contributed by atoms with van der Waals surface area (Å²) < 4.78 is 10.6. The van der Waals surface area contributed by atoms with Crippen molar-refractivity contribution >= 4 is 23.2 Å². The third-order valence-corrected chi connectivity index (χ3v) is 3.63. The molecular weight excluding hydrogens is 342 g/mol. The second kappa shape index (κ2) is 7.36. The predicted octanol–water partition coefficient (Wildman–Crippen LogP) is 4.10. The number of nitrogens with zero attached hydrogens (tertiary/aromatic N) is 2. The fourth-order valence-corrected chi connectivity index (χ4v) is 2.37. The fourth-order valence-electron chi connectivity index (χ4n) is 2.19. The van der Waals surface area contributed by atoms with Gasteiger partial charge in [0.05, 0.1) is 0 Å². The first-order valence-electron chi connectivity index (χ1n) is 7.65. The Morgan fingerprint density at radius 2 is 2.04 bits per heavy atom. The standard InChI is InChI=1S/C18H16ClN3O3/c1-11(24-16-8-4-6-14(19)10-16)18(23)21-15-7-3-5-13(9-15)17-20-12(2)25-22-17/h3-11H,1-2H3,(H,21,23)/t11-/m0/s1. The third kappa shape index (κ3) is 4.36. The van der Waals surface area contributed by atoms with Crippen LogP contribution in [-0.2, 0) is 4.79 Å². The van der Waals surface area contributed by atoms with E-state index in [1.54, 1.807) is 56.3 Å². The second-order valence-corrected chi connectivity index (χ2v) is 5.86.